The minimum atomic E-state index is -0.726. The fourth-order valence-electron chi connectivity index (χ4n) is 1.85. The number of hydrogen-bond acceptors (Lipinski definition) is 3. The topological polar surface area (TPSA) is 52.6 Å². The van der Waals surface area contributed by atoms with Gasteiger partial charge in [-0.2, -0.15) is 0 Å². The minimum Gasteiger partial charge on any atom is -0.481 e. The Balaban J connectivity index is 2.10. The number of hydrogen-bond donors (Lipinski definition) is 2. The smallest absolute Gasteiger partial charge is 0.307 e. The number of nitrogens with one attached hydrogen (secondary N) is 1. The summed E-state index contributed by atoms with van der Waals surface area (Å²) < 4.78 is 0. The molecule has 0 aromatic rings. The van der Waals surface area contributed by atoms with E-state index < -0.39 is 5.97 Å². The van der Waals surface area contributed by atoms with E-state index in [2.05, 4.69) is 10.2 Å². The molecular formula is C11H22N2O2. The van der Waals surface area contributed by atoms with Crippen molar-refractivity contribution in [1.82, 2.24) is 10.2 Å². The molecule has 1 rings (SSSR count). The molecule has 1 heterocycles. The molecule has 0 spiro atoms. The molecule has 1 aliphatic heterocycles. The number of carboxylic acid groups (broad SMARTS) is 1. The third-order valence-corrected chi connectivity index (χ3v) is 3.23. The highest BCUT2D eigenvalue weighted by molar-refractivity contribution is 5.70. The molecule has 0 radical (unpaired) electrons. The molecule has 15 heavy (non-hydrogen) atoms. The van der Waals surface area contributed by atoms with Crippen molar-refractivity contribution in [2.24, 2.45) is 5.92 Å². The maximum Gasteiger partial charge on any atom is 0.307 e. The number of likely N-dealkylation sites (tertiary alicyclic amines) is 1. The van der Waals surface area contributed by atoms with Gasteiger partial charge in [-0.05, 0) is 32.9 Å². The summed E-state index contributed by atoms with van der Waals surface area (Å²) in [7, 11) is 0. The molecule has 1 fully saturated rings. The number of rotatable bonds is 6. The zero-order valence-corrected chi connectivity index (χ0v) is 9.70. The highest BCUT2D eigenvalue weighted by Gasteiger charge is 2.19. The largest absolute Gasteiger partial charge is 0.481 e. The van der Waals surface area contributed by atoms with E-state index in [-0.39, 0.29) is 12.0 Å². The van der Waals surface area contributed by atoms with Gasteiger partial charge >= 0.3 is 5.97 Å². The summed E-state index contributed by atoms with van der Waals surface area (Å²) in [5.74, 6) is -1.04. The summed E-state index contributed by atoms with van der Waals surface area (Å²) in [5, 5.41) is 12.1. The van der Waals surface area contributed by atoms with Crippen LogP contribution in [-0.4, -0.2) is 48.2 Å². The predicted octanol–water partition coefficient (Wildman–Crippen LogP) is 0.781. The van der Waals surface area contributed by atoms with Crippen LogP contribution in [0.5, 0.6) is 0 Å². The summed E-state index contributed by atoms with van der Waals surface area (Å²) in [6.45, 7) is 8.00. The molecule has 0 aromatic heterocycles. The number of aliphatic carboxylic acids is 1. The first kappa shape index (κ1) is 12.5. The van der Waals surface area contributed by atoms with Crippen molar-refractivity contribution in [3.63, 3.8) is 0 Å². The lowest BCUT2D eigenvalue weighted by Crippen LogP contribution is -2.40. The Labute approximate surface area is 91.6 Å². The van der Waals surface area contributed by atoms with E-state index in [0.717, 1.165) is 13.1 Å². The monoisotopic (exact) mass is 214 g/mol. The van der Waals surface area contributed by atoms with Crippen LogP contribution in [0.25, 0.3) is 0 Å². The average molecular weight is 214 g/mol. The van der Waals surface area contributed by atoms with E-state index in [0.29, 0.717) is 0 Å². The first-order chi connectivity index (χ1) is 7.11. The van der Waals surface area contributed by atoms with Crippen molar-refractivity contribution in [3.8, 4) is 0 Å². The maximum absolute atomic E-state index is 10.7. The molecule has 0 bridgehead atoms. The van der Waals surface area contributed by atoms with Crippen LogP contribution in [-0.2, 0) is 4.79 Å². The first-order valence-electron chi connectivity index (χ1n) is 5.80. The summed E-state index contributed by atoms with van der Waals surface area (Å²) in [4.78, 5) is 13.1. The van der Waals surface area contributed by atoms with E-state index >= 15 is 0 Å². The summed E-state index contributed by atoms with van der Waals surface area (Å²) >= 11 is 0. The molecule has 2 N–H and O–H groups in total. The number of carbonyl (C=O) groups is 1. The minimum absolute atomic E-state index is 0.0464. The van der Waals surface area contributed by atoms with Gasteiger partial charge in [0.25, 0.3) is 0 Å². The molecule has 2 atom stereocenters. The average Bonchev–Trinajstić information content (AvgIpc) is 2.69. The molecule has 4 heteroatoms. The van der Waals surface area contributed by atoms with E-state index in [1.807, 2.05) is 6.92 Å². The summed E-state index contributed by atoms with van der Waals surface area (Å²) in [5.41, 5.74) is 0. The molecule has 4 nitrogen and oxygen atoms in total. The standard InChI is InChI=1S/C11H22N2O2/c1-9(11(14)15)10(2)12-5-8-13-6-3-4-7-13/h9-10,12H,3-8H2,1-2H3,(H,14,15). The van der Waals surface area contributed by atoms with Gasteiger partial charge in [0.05, 0.1) is 5.92 Å². The van der Waals surface area contributed by atoms with Crippen LogP contribution in [0, 0.1) is 5.92 Å². The Bertz CT molecular complexity index is 203. The summed E-state index contributed by atoms with van der Waals surface area (Å²) in [6, 6.07) is 0.0464. The molecule has 2 unspecified atom stereocenters. The molecule has 0 aromatic carbocycles. The lowest BCUT2D eigenvalue weighted by atomic mass is 10.0. The van der Waals surface area contributed by atoms with Gasteiger partial charge in [-0.3, -0.25) is 4.79 Å². The Morgan fingerprint density at radius 1 is 1.40 bits per heavy atom. The fourth-order valence-corrected chi connectivity index (χ4v) is 1.85. The van der Waals surface area contributed by atoms with Crippen molar-refractivity contribution in [3.05, 3.63) is 0 Å². The molecule has 1 saturated heterocycles. The highest BCUT2D eigenvalue weighted by Crippen LogP contribution is 2.06. The van der Waals surface area contributed by atoms with Crippen LogP contribution in [0.15, 0.2) is 0 Å². The van der Waals surface area contributed by atoms with Gasteiger partial charge in [0, 0.05) is 19.1 Å². The van der Waals surface area contributed by atoms with Gasteiger partial charge in [-0.25, -0.2) is 0 Å². The zero-order chi connectivity index (χ0) is 11.3. The number of nitrogens with zero attached hydrogens (tertiary/aromatic N) is 1. The summed E-state index contributed by atoms with van der Waals surface area (Å²) in [6.07, 6.45) is 2.61. The molecule has 0 saturated carbocycles. The van der Waals surface area contributed by atoms with Gasteiger partial charge in [0.1, 0.15) is 0 Å². The lowest BCUT2D eigenvalue weighted by Gasteiger charge is -2.20. The first-order valence-corrected chi connectivity index (χ1v) is 5.80. The quantitative estimate of drug-likeness (QED) is 0.686. The van der Waals surface area contributed by atoms with Gasteiger partial charge in [0.2, 0.25) is 0 Å². The normalized spacial score (nSPS) is 21.5. The van der Waals surface area contributed by atoms with Crippen LogP contribution in [0.1, 0.15) is 26.7 Å². The molecule has 0 amide bonds. The van der Waals surface area contributed by atoms with E-state index in [4.69, 9.17) is 5.11 Å². The van der Waals surface area contributed by atoms with E-state index in [1.165, 1.54) is 25.9 Å². The Kier molecular flexibility index (Phi) is 5.05. The Morgan fingerprint density at radius 3 is 2.53 bits per heavy atom. The van der Waals surface area contributed by atoms with Crippen LogP contribution < -0.4 is 5.32 Å². The van der Waals surface area contributed by atoms with Gasteiger partial charge in [0.15, 0.2) is 0 Å². The maximum atomic E-state index is 10.7. The third-order valence-electron chi connectivity index (χ3n) is 3.23. The molecule has 88 valence electrons. The second-order valence-electron chi connectivity index (χ2n) is 4.42. The van der Waals surface area contributed by atoms with E-state index in [1.54, 1.807) is 6.92 Å². The predicted molar refractivity (Wildman–Crippen MR) is 59.9 cm³/mol. The highest BCUT2D eigenvalue weighted by atomic mass is 16.4. The molecule has 1 aliphatic rings. The van der Waals surface area contributed by atoms with Gasteiger partial charge in [-0.1, -0.05) is 6.92 Å². The molecular weight excluding hydrogens is 192 g/mol. The lowest BCUT2D eigenvalue weighted by molar-refractivity contribution is -0.141. The van der Waals surface area contributed by atoms with Crippen LogP contribution in [0.2, 0.25) is 0 Å². The van der Waals surface area contributed by atoms with Crippen molar-refractivity contribution >= 4 is 5.97 Å². The van der Waals surface area contributed by atoms with Crippen molar-refractivity contribution in [1.29, 1.82) is 0 Å². The molecule has 0 aliphatic carbocycles. The number of carboxylic acids is 1. The van der Waals surface area contributed by atoms with Gasteiger partial charge in [-0.15, -0.1) is 0 Å². The fraction of sp³-hybridized carbons (Fsp3) is 0.909. The van der Waals surface area contributed by atoms with Crippen molar-refractivity contribution in [2.45, 2.75) is 32.7 Å². The SMILES string of the molecule is CC(NCCN1CCCC1)C(C)C(=O)O. The van der Waals surface area contributed by atoms with Gasteiger partial charge < -0.3 is 15.3 Å². The van der Waals surface area contributed by atoms with Crippen molar-refractivity contribution in [2.75, 3.05) is 26.2 Å². The van der Waals surface area contributed by atoms with E-state index in [9.17, 15) is 4.79 Å². The second kappa shape index (κ2) is 6.08. The Morgan fingerprint density at radius 2 is 2.00 bits per heavy atom. The zero-order valence-electron chi connectivity index (χ0n) is 9.70. The van der Waals surface area contributed by atoms with Crippen LogP contribution >= 0.6 is 0 Å². The van der Waals surface area contributed by atoms with Crippen LogP contribution in [0.3, 0.4) is 0 Å². The van der Waals surface area contributed by atoms with Crippen LogP contribution in [0.4, 0.5) is 0 Å². The van der Waals surface area contributed by atoms with Crippen molar-refractivity contribution < 1.29 is 9.90 Å². The third kappa shape index (κ3) is 4.18. The Hall–Kier alpha value is -0.610. The second-order valence-corrected chi connectivity index (χ2v) is 4.42.